The van der Waals surface area contributed by atoms with Gasteiger partial charge in [-0.05, 0) is 36.6 Å². The molecule has 1 heterocycles. The van der Waals surface area contributed by atoms with Gasteiger partial charge in [0.1, 0.15) is 0 Å². The Kier molecular flexibility index (Phi) is 4.76. The summed E-state index contributed by atoms with van der Waals surface area (Å²) < 4.78 is 23.0. The lowest BCUT2D eigenvalue weighted by Crippen LogP contribution is -2.42. The summed E-state index contributed by atoms with van der Waals surface area (Å²) in [4.78, 5) is 11.8. The quantitative estimate of drug-likeness (QED) is 0.852. The second-order valence-electron chi connectivity index (χ2n) is 5.03. The molecule has 1 aromatic carbocycles. The van der Waals surface area contributed by atoms with Gasteiger partial charge in [0.2, 0.25) is 5.91 Å². The van der Waals surface area contributed by atoms with Crippen molar-refractivity contribution in [1.82, 2.24) is 5.32 Å². The lowest BCUT2D eigenvalue weighted by Gasteiger charge is -2.22. The number of nitrogens with one attached hydrogen (secondary N) is 1. The fourth-order valence-electron chi connectivity index (χ4n) is 2.27. The summed E-state index contributed by atoms with van der Waals surface area (Å²) in [6.07, 6.45) is 4.23. The van der Waals surface area contributed by atoms with Gasteiger partial charge in [0.15, 0.2) is 9.84 Å². The molecule has 0 aromatic heterocycles. The molecule has 1 atom stereocenters. The Bertz CT molecular complexity index is 702. The summed E-state index contributed by atoms with van der Waals surface area (Å²) in [5.74, 6) is -0.105. The Morgan fingerprint density at radius 1 is 1.43 bits per heavy atom. The minimum absolute atomic E-state index is 0.0104. The Morgan fingerprint density at radius 3 is 2.95 bits per heavy atom. The van der Waals surface area contributed by atoms with Crippen LogP contribution in [-0.4, -0.2) is 31.9 Å². The number of rotatable bonds is 3. The zero-order chi connectivity index (χ0) is 15.3. The summed E-state index contributed by atoms with van der Waals surface area (Å²) in [7, 11) is -3.03. The van der Waals surface area contributed by atoms with Crippen molar-refractivity contribution in [3.05, 3.63) is 41.5 Å². The van der Waals surface area contributed by atoms with Crippen molar-refractivity contribution in [3.63, 3.8) is 0 Å². The number of nitrogens with zero attached hydrogens (tertiary/aromatic N) is 1. The summed E-state index contributed by atoms with van der Waals surface area (Å²) in [5.41, 5.74) is 1.27. The van der Waals surface area contributed by atoms with Crippen LogP contribution < -0.4 is 5.32 Å². The SMILES string of the molecule is N#Cc1cccc(/C=C\C(=O)N[C@H]2CCCS(=O)(=O)C2)c1. The average molecular weight is 304 g/mol. The van der Waals surface area contributed by atoms with Crippen molar-refractivity contribution in [2.45, 2.75) is 18.9 Å². The zero-order valence-electron chi connectivity index (χ0n) is 11.5. The molecule has 1 aliphatic rings. The second kappa shape index (κ2) is 6.55. The van der Waals surface area contributed by atoms with E-state index in [1.807, 2.05) is 6.07 Å². The standard InChI is InChI=1S/C15H16N2O3S/c16-10-13-4-1-3-12(9-13)6-7-15(18)17-14-5-2-8-21(19,20)11-14/h1,3-4,6-7,9,14H,2,5,8,11H2,(H,17,18)/b7-6-/t14-/m0/s1. The Labute approximate surface area is 124 Å². The lowest BCUT2D eigenvalue weighted by atomic mass is 10.1. The molecular weight excluding hydrogens is 288 g/mol. The minimum atomic E-state index is -3.03. The molecule has 0 radical (unpaired) electrons. The topological polar surface area (TPSA) is 87.0 Å². The first kappa shape index (κ1) is 15.3. The maximum atomic E-state index is 11.8. The van der Waals surface area contributed by atoms with Gasteiger partial charge in [0.05, 0.1) is 23.1 Å². The molecular formula is C15H16N2O3S. The van der Waals surface area contributed by atoms with E-state index in [0.29, 0.717) is 18.4 Å². The molecule has 6 heteroatoms. The van der Waals surface area contributed by atoms with Crippen LogP contribution in [0.1, 0.15) is 24.0 Å². The van der Waals surface area contributed by atoms with Gasteiger partial charge in [-0.3, -0.25) is 4.79 Å². The van der Waals surface area contributed by atoms with Crippen LogP contribution in [-0.2, 0) is 14.6 Å². The number of benzene rings is 1. The molecule has 1 saturated heterocycles. The van der Waals surface area contributed by atoms with E-state index in [1.54, 1.807) is 30.3 Å². The highest BCUT2D eigenvalue weighted by Crippen LogP contribution is 2.12. The first-order chi connectivity index (χ1) is 9.98. The monoisotopic (exact) mass is 304 g/mol. The molecule has 1 N–H and O–H groups in total. The fraction of sp³-hybridized carbons (Fsp3) is 0.333. The Morgan fingerprint density at radius 2 is 2.24 bits per heavy atom. The van der Waals surface area contributed by atoms with E-state index in [4.69, 9.17) is 5.26 Å². The molecule has 0 aliphatic carbocycles. The summed E-state index contributed by atoms with van der Waals surface area (Å²) in [6, 6.07) is 8.60. The van der Waals surface area contributed by atoms with E-state index in [1.165, 1.54) is 6.08 Å². The van der Waals surface area contributed by atoms with Crippen LogP contribution in [0, 0.1) is 11.3 Å². The van der Waals surface area contributed by atoms with Crippen LogP contribution in [0.3, 0.4) is 0 Å². The predicted octanol–water partition coefficient (Wildman–Crippen LogP) is 1.26. The van der Waals surface area contributed by atoms with Gasteiger partial charge in [-0.1, -0.05) is 12.1 Å². The zero-order valence-corrected chi connectivity index (χ0v) is 12.3. The van der Waals surface area contributed by atoms with Gasteiger partial charge < -0.3 is 5.32 Å². The Balaban J connectivity index is 1.95. The smallest absolute Gasteiger partial charge is 0.244 e. The lowest BCUT2D eigenvalue weighted by molar-refractivity contribution is -0.117. The molecule has 0 saturated carbocycles. The maximum Gasteiger partial charge on any atom is 0.244 e. The molecule has 2 rings (SSSR count). The van der Waals surface area contributed by atoms with E-state index in [2.05, 4.69) is 5.32 Å². The normalized spacial score (nSPS) is 20.8. The molecule has 1 aromatic rings. The van der Waals surface area contributed by atoms with Crippen molar-refractivity contribution in [1.29, 1.82) is 5.26 Å². The highest BCUT2D eigenvalue weighted by Gasteiger charge is 2.25. The molecule has 1 amide bonds. The fourth-order valence-corrected chi connectivity index (χ4v) is 3.91. The molecule has 0 unspecified atom stereocenters. The van der Waals surface area contributed by atoms with E-state index < -0.39 is 9.84 Å². The van der Waals surface area contributed by atoms with Gasteiger partial charge in [-0.2, -0.15) is 5.26 Å². The molecule has 110 valence electrons. The number of carbonyl (C=O) groups is 1. The third kappa shape index (κ3) is 4.72. The maximum absolute atomic E-state index is 11.8. The number of hydrogen-bond donors (Lipinski definition) is 1. The summed E-state index contributed by atoms with van der Waals surface area (Å²) in [6.45, 7) is 0. The molecule has 0 bridgehead atoms. The van der Waals surface area contributed by atoms with Crippen LogP contribution >= 0.6 is 0 Å². The third-order valence-corrected chi connectivity index (χ3v) is 5.07. The minimum Gasteiger partial charge on any atom is -0.349 e. The highest BCUT2D eigenvalue weighted by molar-refractivity contribution is 7.91. The summed E-state index contributed by atoms with van der Waals surface area (Å²) >= 11 is 0. The van der Waals surface area contributed by atoms with Gasteiger partial charge in [-0.25, -0.2) is 8.42 Å². The largest absolute Gasteiger partial charge is 0.349 e. The van der Waals surface area contributed by atoms with E-state index in [-0.39, 0.29) is 23.5 Å². The highest BCUT2D eigenvalue weighted by atomic mass is 32.2. The first-order valence-corrected chi connectivity index (χ1v) is 8.50. The molecule has 0 spiro atoms. The van der Waals surface area contributed by atoms with Crippen LogP contribution in [0.25, 0.3) is 6.08 Å². The van der Waals surface area contributed by atoms with Crippen LogP contribution in [0.4, 0.5) is 0 Å². The number of sulfone groups is 1. The van der Waals surface area contributed by atoms with Crippen LogP contribution in [0.15, 0.2) is 30.3 Å². The van der Waals surface area contributed by atoms with E-state index in [0.717, 1.165) is 5.56 Å². The van der Waals surface area contributed by atoms with Crippen molar-refractivity contribution in [2.24, 2.45) is 0 Å². The molecule has 1 aliphatic heterocycles. The third-order valence-electron chi connectivity index (χ3n) is 3.25. The number of amides is 1. The van der Waals surface area contributed by atoms with E-state index in [9.17, 15) is 13.2 Å². The number of nitriles is 1. The molecule has 5 nitrogen and oxygen atoms in total. The van der Waals surface area contributed by atoms with Crippen LogP contribution in [0.5, 0.6) is 0 Å². The van der Waals surface area contributed by atoms with Gasteiger partial charge in [0, 0.05) is 12.1 Å². The molecule has 1 fully saturated rings. The summed E-state index contributed by atoms with van der Waals surface area (Å²) in [5, 5.41) is 11.5. The number of hydrogen-bond acceptors (Lipinski definition) is 4. The van der Waals surface area contributed by atoms with E-state index >= 15 is 0 Å². The second-order valence-corrected chi connectivity index (χ2v) is 7.26. The van der Waals surface area contributed by atoms with Crippen molar-refractivity contribution in [3.8, 4) is 6.07 Å². The first-order valence-electron chi connectivity index (χ1n) is 6.68. The average Bonchev–Trinajstić information content (AvgIpc) is 2.44. The number of carbonyl (C=O) groups excluding carboxylic acids is 1. The van der Waals surface area contributed by atoms with Crippen LogP contribution in [0.2, 0.25) is 0 Å². The molecule has 21 heavy (non-hydrogen) atoms. The predicted molar refractivity (Wildman–Crippen MR) is 80.0 cm³/mol. The Hall–Kier alpha value is -2.13. The van der Waals surface area contributed by atoms with Crippen molar-refractivity contribution >= 4 is 21.8 Å². The van der Waals surface area contributed by atoms with Gasteiger partial charge in [0.25, 0.3) is 0 Å². The van der Waals surface area contributed by atoms with Gasteiger partial charge in [-0.15, -0.1) is 0 Å². The van der Waals surface area contributed by atoms with Crippen molar-refractivity contribution < 1.29 is 13.2 Å². The van der Waals surface area contributed by atoms with Crippen molar-refractivity contribution in [2.75, 3.05) is 11.5 Å². The van der Waals surface area contributed by atoms with Gasteiger partial charge >= 0.3 is 0 Å².